The maximum Gasteiger partial charge on any atom is -0.0201 e. The summed E-state index contributed by atoms with van der Waals surface area (Å²) in [4.78, 5) is 0. The molecular formula is C17H30. The van der Waals surface area contributed by atoms with Crippen LogP contribution in [0.2, 0.25) is 0 Å². The maximum absolute atomic E-state index is 4.27. The van der Waals surface area contributed by atoms with Gasteiger partial charge in [0.2, 0.25) is 0 Å². The fourth-order valence-corrected chi connectivity index (χ4v) is 2.62. The van der Waals surface area contributed by atoms with Gasteiger partial charge in [-0.15, -0.1) is 0 Å². The van der Waals surface area contributed by atoms with Crippen molar-refractivity contribution in [1.29, 1.82) is 0 Å². The summed E-state index contributed by atoms with van der Waals surface area (Å²) in [5, 5.41) is 0. The molecule has 0 amide bonds. The van der Waals surface area contributed by atoms with E-state index in [0.29, 0.717) is 0 Å². The summed E-state index contributed by atoms with van der Waals surface area (Å²) in [5.74, 6) is 2.72. The first-order valence-electron chi connectivity index (χ1n) is 7.30. The predicted molar refractivity (Wildman–Crippen MR) is 78.1 cm³/mol. The number of allylic oxidation sites excluding steroid dienone is 3. The summed E-state index contributed by atoms with van der Waals surface area (Å²) in [6.07, 6.45) is 10.4. The van der Waals surface area contributed by atoms with Crippen molar-refractivity contribution in [2.45, 2.75) is 66.2 Å². The lowest BCUT2D eigenvalue weighted by atomic mass is 9.68. The topological polar surface area (TPSA) is 0 Å². The van der Waals surface area contributed by atoms with Gasteiger partial charge in [0.05, 0.1) is 0 Å². The average Bonchev–Trinajstić information content (AvgIpc) is 2.13. The molecule has 17 heavy (non-hydrogen) atoms. The van der Waals surface area contributed by atoms with Crippen molar-refractivity contribution in [2.24, 2.45) is 17.8 Å². The quantitative estimate of drug-likeness (QED) is 0.492. The van der Waals surface area contributed by atoms with Gasteiger partial charge in [0.15, 0.2) is 0 Å². The lowest BCUT2D eigenvalue weighted by Crippen LogP contribution is -2.25. The summed E-state index contributed by atoms with van der Waals surface area (Å²) in [5.41, 5.74) is 2.93. The molecule has 0 heteroatoms. The Morgan fingerprint density at radius 3 is 2.47 bits per heavy atom. The molecule has 0 aromatic rings. The molecule has 1 fully saturated rings. The van der Waals surface area contributed by atoms with Crippen molar-refractivity contribution in [3.8, 4) is 0 Å². The Morgan fingerprint density at radius 2 is 1.94 bits per heavy atom. The van der Waals surface area contributed by atoms with Crippen LogP contribution in [-0.2, 0) is 0 Å². The molecular weight excluding hydrogens is 204 g/mol. The monoisotopic (exact) mass is 234 g/mol. The van der Waals surface area contributed by atoms with Crippen molar-refractivity contribution < 1.29 is 0 Å². The number of hydrogen-bond donors (Lipinski definition) is 0. The van der Waals surface area contributed by atoms with Crippen molar-refractivity contribution in [1.82, 2.24) is 0 Å². The van der Waals surface area contributed by atoms with Crippen LogP contribution in [0.15, 0.2) is 23.8 Å². The molecule has 0 heterocycles. The lowest BCUT2D eigenvalue weighted by molar-refractivity contribution is 0.200. The lowest BCUT2D eigenvalue weighted by Gasteiger charge is -2.37. The van der Waals surface area contributed by atoms with Crippen molar-refractivity contribution in [3.05, 3.63) is 23.8 Å². The molecule has 0 aromatic heterocycles. The third-order valence-electron chi connectivity index (χ3n) is 3.98. The third-order valence-corrected chi connectivity index (χ3v) is 3.98. The van der Waals surface area contributed by atoms with Crippen molar-refractivity contribution in [2.75, 3.05) is 0 Å². The summed E-state index contributed by atoms with van der Waals surface area (Å²) >= 11 is 0. The standard InChI is InChI=1S/C17H30/c1-13(2)7-6-8-15(5)17-11-16(12-17)10-9-14(3)4/h7,14,16-17H,5-6,8-12H2,1-4H3. The van der Waals surface area contributed by atoms with Gasteiger partial charge in [0.25, 0.3) is 0 Å². The Labute approximate surface area is 108 Å². The van der Waals surface area contributed by atoms with E-state index in [1.165, 1.54) is 49.7 Å². The van der Waals surface area contributed by atoms with E-state index in [2.05, 4.69) is 40.3 Å². The highest BCUT2D eigenvalue weighted by Crippen LogP contribution is 2.42. The molecule has 0 atom stereocenters. The van der Waals surface area contributed by atoms with E-state index >= 15 is 0 Å². The van der Waals surface area contributed by atoms with Gasteiger partial charge in [0.1, 0.15) is 0 Å². The number of hydrogen-bond acceptors (Lipinski definition) is 0. The van der Waals surface area contributed by atoms with E-state index in [4.69, 9.17) is 0 Å². The van der Waals surface area contributed by atoms with Crippen LogP contribution in [0.5, 0.6) is 0 Å². The molecule has 0 unspecified atom stereocenters. The molecule has 0 aromatic carbocycles. The minimum atomic E-state index is 0.845. The first-order valence-corrected chi connectivity index (χ1v) is 7.30. The molecule has 1 aliphatic rings. The second kappa shape index (κ2) is 7.03. The van der Waals surface area contributed by atoms with Crippen LogP contribution in [-0.4, -0.2) is 0 Å². The van der Waals surface area contributed by atoms with Gasteiger partial charge < -0.3 is 0 Å². The predicted octanol–water partition coefficient (Wildman–Crippen LogP) is 5.75. The average molecular weight is 234 g/mol. The van der Waals surface area contributed by atoms with Crippen LogP contribution in [0.1, 0.15) is 66.2 Å². The Balaban J connectivity index is 2.10. The second-order valence-electron chi connectivity index (χ2n) is 6.48. The van der Waals surface area contributed by atoms with Crippen LogP contribution >= 0.6 is 0 Å². The highest BCUT2D eigenvalue weighted by Gasteiger charge is 2.29. The molecule has 0 saturated heterocycles. The van der Waals surface area contributed by atoms with Gasteiger partial charge in [-0.3, -0.25) is 0 Å². The van der Waals surface area contributed by atoms with Gasteiger partial charge in [-0.25, -0.2) is 0 Å². The van der Waals surface area contributed by atoms with Gasteiger partial charge in [-0.05, 0) is 57.3 Å². The zero-order valence-corrected chi connectivity index (χ0v) is 12.3. The minimum Gasteiger partial charge on any atom is -0.0996 e. The van der Waals surface area contributed by atoms with E-state index in [1.807, 2.05) is 0 Å². The van der Waals surface area contributed by atoms with E-state index < -0.39 is 0 Å². The fraction of sp³-hybridized carbons (Fsp3) is 0.765. The molecule has 1 aliphatic carbocycles. The Kier molecular flexibility index (Phi) is 6.02. The molecule has 0 aliphatic heterocycles. The first-order chi connectivity index (χ1) is 7.99. The van der Waals surface area contributed by atoms with Gasteiger partial charge in [0, 0.05) is 0 Å². The second-order valence-corrected chi connectivity index (χ2v) is 6.48. The summed E-state index contributed by atoms with van der Waals surface area (Å²) in [6.45, 7) is 13.3. The molecule has 0 spiro atoms. The van der Waals surface area contributed by atoms with Crippen LogP contribution < -0.4 is 0 Å². The summed E-state index contributed by atoms with van der Waals surface area (Å²) < 4.78 is 0. The molecule has 0 N–H and O–H groups in total. The van der Waals surface area contributed by atoms with E-state index in [9.17, 15) is 0 Å². The Bertz CT molecular complexity index is 260. The van der Waals surface area contributed by atoms with Crippen LogP contribution in [0.3, 0.4) is 0 Å². The summed E-state index contributed by atoms with van der Waals surface area (Å²) in [6, 6.07) is 0. The highest BCUT2D eigenvalue weighted by atomic mass is 14.3. The van der Waals surface area contributed by atoms with Gasteiger partial charge in [-0.1, -0.05) is 50.5 Å². The Morgan fingerprint density at radius 1 is 1.29 bits per heavy atom. The minimum absolute atomic E-state index is 0.845. The fourth-order valence-electron chi connectivity index (χ4n) is 2.62. The van der Waals surface area contributed by atoms with Crippen molar-refractivity contribution >= 4 is 0 Å². The van der Waals surface area contributed by atoms with Gasteiger partial charge in [-0.2, -0.15) is 0 Å². The van der Waals surface area contributed by atoms with Crippen molar-refractivity contribution in [3.63, 3.8) is 0 Å². The first kappa shape index (κ1) is 14.5. The zero-order valence-electron chi connectivity index (χ0n) is 12.3. The smallest absolute Gasteiger partial charge is 0.0201 e. The van der Waals surface area contributed by atoms with E-state index in [-0.39, 0.29) is 0 Å². The third kappa shape index (κ3) is 5.57. The zero-order chi connectivity index (χ0) is 12.8. The molecule has 1 saturated carbocycles. The van der Waals surface area contributed by atoms with Crippen LogP contribution in [0, 0.1) is 17.8 Å². The number of rotatable bonds is 7. The Hall–Kier alpha value is -0.520. The van der Waals surface area contributed by atoms with E-state index in [1.54, 1.807) is 0 Å². The maximum atomic E-state index is 4.27. The molecule has 0 radical (unpaired) electrons. The largest absolute Gasteiger partial charge is 0.0996 e. The van der Waals surface area contributed by atoms with Crippen LogP contribution in [0.4, 0.5) is 0 Å². The molecule has 0 nitrogen and oxygen atoms in total. The SMILES string of the molecule is C=C(CCC=C(C)C)C1CC(CCC(C)C)C1. The summed E-state index contributed by atoms with van der Waals surface area (Å²) in [7, 11) is 0. The van der Waals surface area contributed by atoms with E-state index in [0.717, 1.165) is 17.8 Å². The molecule has 0 bridgehead atoms. The molecule has 98 valence electrons. The molecule has 1 rings (SSSR count). The van der Waals surface area contributed by atoms with Crippen LogP contribution in [0.25, 0.3) is 0 Å². The normalized spacial score (nSPS) is 23.4. The highest BCUT2D eigenvalue weighted by molar-refractivity contribution is 5.08. The van der Waals surface area contributed by atoms with Gasteiger partial charge >= 0.3 is 0 Å².